The molecule has 6 nitrogen and oxygen atoms in total. The number of aromatic nitrogens is 1. The number of amides is 2. The number of nitrogens with two attached hydrogens (primary N) is 1. The molecule has 2 amide bonds. The number of rotatable bonds is 3. The summed E-state index contributed by atoms with van der Waals surface area (Å²) in [6.07, 6.45) is 0.829. The summed E-state index contributed by atoms with van der Waals surface area (Å²) >= 11 is 0. The number of piperidine rings is 1. The van der Waals surface area contributed by atoms with Gasteiger partial charge >= 0.3 is 0 Å². The second kappa shape index (κ2) is 6.13. The molecule has 6 heteroatoms. The minimum Gasteiger partial charge on any atom is -0.378 e. The number of hydrogen-bond acceptors (Lipinski definition) is 3. The molecule has 0 spiro atoms. The van der Waals surface area contributed by atoms with E-state index in [0.717, 1.165) is 11.3 Å². The van der Waals surface area contributed by atoms with Crippen molar-refractivity contribution in [2.45, 2.75) is 18.4 Å². The van der Waals surface area contributed by atoms with Gasteiger partial charge in [0.25, 0.3) is 11.8 Å². The molecule has 1 aromatic heterocycles. The third-order valence-corrected chi connectivity index (χ3v) is 4.63. The monoisotopic (exact) mass is 327 g/mol. The van der Waals surface area contributed by atoms with E-state index in [1.54, 1.807) is 6.07 Å². The normalized spacial score (nSPS) is 20.8. The van der Waals surface area contributed by atoms with Crippen molar-refractivity contribution in [1.82, 2.24) is 9.47 Å². The average Bonchev–Trinajstić information content (AvgIpc) is 2.96. The lowest BCUT2D eigenvalue weighted by molar-refractivity contribution is -0.140. The van der Waals surface area contributed by atoms with Gasteiger partial charge in [0, 0.05) is 19.3 Å². The first-order valence-corrected chi connectivity index (χ1v) is 7.95. The lowest BCUT2D eigenvalue weighted by Crippen LogP contribution is -2.57. The molecule has 3 rings (SSSR count). The summed E-state index contributed by atoms with van der Waals surface area (Å²) < 4.78 is 1.83. The molecule has 1 fully saturated rings. The highest BCUT2D eigenvalue weighted by molar-refractivity contribution is 5.95. The largest absolute Gasteiger partial charge is 0.378 e. The van der Waals surface area contributed by atoms with E-state index in [0.29, 0.717) is 18.7 Å². The van der Waals surface area contributed by atoms with Crippen molar-refractivity contribution in [3.05, 3.63) is 48.2 Å². The minimum absolute atomic E-state index is 0.0625. The van der Waals surface area contributed by atoms with Crippen molar-refractivity contribution in [2.24, 2.45) is 12.8 Å². The summed E-state index contributed by atoms with van der Waals surface area (Å²) in [5, 5.41) is 10.3. The maximum atomic E-state index is 12.8. The smallest absolute Gasteiger partial charge is 0.270 e. The zero-order chi connectivity index (χ0) is 17.3. The number of likely N-dealkylation sites (tertiary alicyclic amines) is 1. The third-order valence-electron chi connectivity index (χ3n) is 4.63. The molecule has 2 heterocycles. The molecule has 2 aromatic rings. The SMILES string of the molecule is Cn1c(C(=O)N2CCCC(O)(C(N)=O)C2)ccc1-c1ccccc1. The van der Waals surface area contributed by atoms with Gasteiger partial charge < -0.3 is 20.3 Å². The predicted molar refractivity (Wildman–Crippen MR) is 90.1 cm³/mol. The van der Waals surface area contributed by atoms with Crippen LogP contribution in [0.5, 0.6) is 0 Å². The van der Waals surface area contributed by atoms with Crippen LogP contribution in [0, 0.1) is 0 Å². The van der Waals surface area contributed by atoms with Gasteiger partial charge in [-0.3, -0.25) is 9.59 Å². The van der Waals surface area contributed by atoms with Crippen molar-refractivity contribution in [2.75, 3.05) is 13.1 Å². The van der Waals surface area contributed by atoms with E-state index in [4.69, 9.17) is 5.73 Å². The van der Waals surface area contributed by atoms with Gasteiger partial charge in [-0.15, -0.1) is 0 Å². The number of β-amino-alcohol motifs (C(OH)–C–C–N with tert-alkyl or cyclic N) is 1. The zero-order valence-corrected chi connectivity index (χ0v) is 13.6. The lowest BCUT2D eigenvalue weighted by Gasteiger charge is -2.37. The van der Waals surface area contributed by atoms with Crippen molar-refractivity contribution in [1.29, 1.82) is 0 Å². The number of primary amides is 1. The molecule has 0 radical (unpaired) electrons. The van der Waals surface area contributed by atoms with E-state index in [1.807, 2.05) is 48.0 Å². The Morgan fingerprint density at radius 1 is 1.17 bits per heavy atom. The van der Waals surface area contributed by atoms with Crippen LogP contribution >= 0.6 is 0 Å². The molecule has 0 saturated carbocycles. The third kappa shape index (κ3) is 2.80. The van der Waals surface area contributed by atoms with Gasteiger partial charge in [0.15, 0.2) is 5.60 Å². The fourth-order valence-corrected chi connectivity index (χ4v) is 3.20. The average molecular weight is 327 g/mol. The Labute approximate surface area is 140 Å². The van der Waals surface area contributed by atoms with Crippen LogP contribution in [-0.4, -0.2) is 45.1 Å². The lowest BCUT2D eigenvalue weighted by atomic mass is 9.92. The van der Waals surface area contributed by atoms with Gasteiger partial charge in [-0.1, -0.05) is 30.3 Å². The van der Waals surface area contributed by atoms with Crippen molar-refractivity contribution in [3.63, 3.8) is 0 Å². The highest BCUT2D eigenvalue weighted by Gasteiger charge is 2.40. The van der Waals surface area contributed by atoms with Crippen LogP contribution in [0.4, 0.5) is 0 Å². The molecule has 1 aliphatic heterocycles. The van der Waals surface area contributed by atoms with Crippen LogP contribution < -0.4 is 5.73 Å². The number of benzene rings is 1. The summed E-state index contributed by atoms with van der Waals surface area (Å²) in [6, 6.07) is 13.5. The van der Waals surface area contributed by atoms with Crippen LogP contribution in [0.1, 0.15) is 23.3 Å². The minimum atomic E-state index is -1.64. The van der Waals surface area contributed by atoms with Crippen LogP contribution in [0.2, 0.25) is 0 Å². The summed E-state index contributed by atoms with van der Waals surface area (Å²) in [5.41, 5.74) is 6.11. The Balaban J connectivity index is 1.86. The van der Waals surface area contributed by atoms with Crippen molar-refractivity contribution in [3.8, 4) is 11.3 Å². The van der Waals surface area contributed by atoms with Gasteiger partial charge in [-0.2, -0.15) is 0 Å². The fourth-order valence-electron chi connectivity index (χ4n) is 3.20. The van der Waals surface area contributed by atoms with E-state index in [2.05, 4.69) is 0 Å². The maximum absolute atomic E-state index is 12.8. The number of aliphatic hydroxyl groups is 1. The van der Waals surface area contributed by atoms with Gasteiger partial charge in [0.2, 0.25) is 0 Å². The van der Waals surface area contributed by atoms with E-state index in [9.17, 15) is 14.7 Å². The van der Waals surface area contributed by atoms with Gasteiger partial charge in [-0.25, -0.2) is 0 Å². The first-order chi connectivity index (χ1) is 11.4. The fraction of sp³-hybridized carbons (Fsp3) is 0.333. The van der Waals surface area contributed by atoms with E-state index in [1.165, 1.54) is 4.90 Å². The van der Waals surface area contributed by atoms with Crippen LogP contribution in [0.25, 0.3) is 11.3 Å². The Morgan fingerprint density at radius 2 is 1.88 bits per heavy atom. The zero-order valence-electron chi connectivity index (χ0n) is 13.6. The number of nitrogens with zero attached hydrogens (tertiary/aromatic N) is 2. The summed E-state index contributed by atoms with van der Waals surface area (Å²) in [6.45, 7) is 0.438. The Morgan fingerprint density at radius 3 is 2.54 bits per heavy atom. The standard InChI is InChI=1S/C18H21N3O3/c1-20-14(13-6-3-2-4-7-13)8-9-15(20)16(22)21-11-5-10-18(24,12-21)17(19)23/h2-4,6-9,24H,5,10-12H2,1H3,(H2,19,23). The highest BCUT2D eigenvalue weighted by atomic mass is 16.3. The predicted octanol–water partition coefficient (Wildman–Crippen LogP) is 1.14. The molecule has 1 unspecified atom stereocenters. The van der Waals surface area contributed by atoms with Crippen LogP contribution in [0.3, 0.4) is 0 Å². The molecule has 24 heavy (non-hydrogen) atoms. The summed E-state index contributed by atoms with van der Waals surface area (Å²) in [5.74, 6) is -0.990. The van der Waals surface area contributed by atoms with Gasteiger partial charge in [0.05, 0.1) is 6.54 Å². The molecule has 3 N–H and O–H groups in total. The van der Waals surface area contributed by atoms with Crippen LogP contribution in [-0.2, 0) is 11.8 Å². The summed E-state index contributed by atoms with van der Waals surface area (Å²) in [4.78, 5) is 25.8. The number of hydrogen-bond donors (Lipinski definition) is 2. The van der Waals surface area contributed by atoms with E-state index in [-0.39, 0.29) is 18.9 Å². The molecule has 0 bridgehead atoms. The molecule has 1 aromatic carbocycles. The van der Waals surface area contributed by atoms with E-state index < -0.39 is 11.5 Å². The maximum Gasteiger partial charge on any atom is 0.270 e. The van der Waals surface area contributed by atoms with Crippen molar-refractivity contribution < 1.29 is 14.7 Å². The topological polar surface area (TPSA) is 88.6 Å². The first-order valence-electron chi connectivity index (χ1n) is 7.95. The van der Waals surface area contributed by atoms with Gasteiger partial charge in [0.1, 0.15) is 5.69 Å². The summed E-state index contributed by atoms with van der Waals surface area (Å²) in [7, 11) is 1.83. The molecule has 1 atom stereocenters. The van der Waals surface area contributed by atoms with Crippen LogP contribution in [0.15, 0.2) is 42.5 Å². The Hall–Kier alpha value is -2.60. The molecule has 1 aliphatic rings. The molecule has 1 saturated heterocycles. The molecular weight excluding hydrogens is 306 g/mol. The highest BCUT2D eigenvalue weighted by Crippen LogP contribution is 2.25. The second-order valence-electron chi connectivity index (χ2n) is 6.25. The molecule has 126 valence electrons. The number of carbonyl (C=O) groups excluding carboxylic acids is 2. The number of carbonyl (C=O) groups is 2. The quantitative estimate of drug-likeness (QED) is 0.886. The van der Waals surface area contributed by atoms with E-state index >= 15 is 0 Å². The first kappa shape index (κ1) is 16.3. The van der Waals surface area contributed by atoms with Crippen molar-refractivity contribution >= 4 is 11.8 Å². The Kier molecular flexibility index (Phi) is 4.15. The Bertz CT molecular complexity index is 769. The molecule has 0 aliphatic carbocycles. The molecular formula is C18H21N3O3. The van der Waals surface area contributed by atoms with Gasteiger partial charge in [-0.05, 0) is 30.5 Å². The second-order valence-corrected chi connectivity index (χ2v) is 6.25.